The molecule has 0 aliphatic rings. The summed E-state index contributed by atoms with van der Waals surface area (Å²) in [5, 5.41) is 6.98. The van der Waals surface area contributed by atoms with Crippen LogP contribution in [0, 0.1) is 13.8 Å². The summed E-state index contributed by atoms with van der Waals surface area (Å²) < 4.78 is 7.14. The third-order valence-electron chi connectivity index (χ3n) is 3.96. The van der Waals surface area contributed by atoms with Crippen molar-refractivity contribution in [2.24, 2.45) is 0 Å². The number of amides is 1. The van der Waals surface area contributed by atoms with Crippen LogP contribution >= 0.6 is 0 Å². The molecule has 0 aliphatic heterocycles. The molecule has 0 bridgehead atoms. The number of carbonyl (C=O) groups is 2. The van der Waals surface area contributed by atoms with Crippen LogP contribution in [0.2, 0.25) is 0 Å². The summed E-state index contributed by atoms with van der Waals surface area (Å²) in [5.41, 5.74) is 3.73. The first-order valence-corrected chi connectivity index (χ1v) is 8.16. The molecule has 26 heavy (non-hydrogen) atoms. The number of aryl methyl sites for hydroxylation is 1. The topological polar surface area (TPSA) is 73.2 Å². The van der Waals surface area contributed by atoms with E-state index in [0.717, 1.165) is 11.3 Å². The molecule has 0 spiro atoms. The number of benzene rings is 2. The fourth-order valence-electron chi connectivity index (χ4n) is 2.63. The molecular formula is C20H19N3O3. The third kappa shape index (κ3) is 3.64. The molecule has 0 saturated heterocycles. The monoisotopic (exact) mass is 349 g/mol. The fraction of sp³-hybridized carbons (Fsp3) is 0.150. The Morgan fingerprint density at radius 3 is 2.38 bits per heavy atom. The van der Waals surface area contributed by atoms with Gasteiger partial charge in [-0.15, -0.1) is 0 Å². The number of nitrogens with zero attached hydrogens (tertiary/aromatic N) is 2. The second-order valence-corrected chi connectivity index (χ2v) is 5.94. The molecule has 0 unspecified atom stereocenters. The van der Waals surface area contributed by atoms with E-state index in [1.807, 2.05) is 38.1 Å². The summed E-state index contributed by atoms with van der Waals surface area (Å²) >= 11 is 0. The Hall–Kier alpha value is -3.41. The van der Waals surface area contributed by atoms with E-state index in [4.69, 9.17) is 4.74 Å². The van der Waals surface area contributed by atoms with E-state index >= 15 is 0 Å². The van der Waals surface area contributed by atoms with Crippen molar-refractivity contribution in [3.63, 3.8) is 0 Å². The summed E-state index contributed by atoms with van der Waals surface area (Å²) in [6.07, 6.45) is 1.51. The molecule has 6 heteroatoms. The molecule has 0 radical (unpaired) electrons. The van der Waals surface area contributed by atoms with Crippen LogP contribution in [-0.2, 0) is 4.79 Å². The normalized spacial score (nSPS) is 10.4. The standard InChI is InChI=1S/C20H19N3O3/c1-13-6-4-5-7-19(13)23-14(2)18(12-21-23)20(25)26-17-10-8-16(9-11-17)22-15(3)24/h4-12H,1-3H3,(H,22,24). The van der Waals surface area contributed by atoms with Gasteiger partial charge in [0.1, 0.15) is 11.3 Å². The fourth-order valence-corrected chi connectivity index (χ4v) is 2.63. The van der Waals surface area contributed by atoms with Gasteiger partial charge in [-0.25, -0.2) is 9.48 Å². The van der Waals surface area contributed by atoms with Gasteiger partial charge in [0, 0.05) is 12.6 Å². The second kappa shape index (κ2) is 7.23. The first kappa shape index (κ1) is 17.4. The van der Waals surface area contributed by atoms with Crippen molar-refractivity contribution in [1.29, 1.82) is 0 Å². The van der Waals surface area contributed by atoms with E-state index < -0.39 is 5.97 Å². The van der Waals surface area contributed by atoms with Gasteiger partial charge in [-0.1, -0.05) is 18.2 Å². The lowest BCUT2D eigenvalue weighted by Crippen LogP contribution is -2.10. The number of anilines is 1. The number of aromatic nitrogens is 2. The Balaban J connectivity index is 1.79. The molecule has 6 nitrogen and oxygen atoms in total. The SMILES string of the molecule is CC(=O)Nc1ccc(OC(=O)c2cnn(-c3ccccc3C)c2C)cc1. The van der Waals surface area contributed by atoms with Crippen molar-refractivity contribution >= 4 is 17.6 Å². The first-order valence-electron chi connectivity index (χ1n) is 8.16. The van der Waals surface area contributed by atoms with Crippen molar-refractivity contribution in [2.75, 3.05) is 5.32 Å². The van der Waals surface area contributed by atoms with Gasteiger partial charge < -0.3 is 10.1 Å². The molecule has 132 valence electrons. The lowest BCUT2D eigenvalue weighted by molar-refractivity contribution is -0.114. The summed E-state index contributed by atoms with van der Waals surface area (Å²) in [4.78, 5) is 23.5. The zero-order valence-electron chi connectivity index (χ0n) is 14.8. The number of hydrogen-bond donors (Lipinski definition) is 1. The summed E-state index contributed by atoms with van der Waals surface area (Å²) in [5.74, 6) is -0.240. The van der Waals surface area contributed by atoms with E-state index in [2.05, 4.69) is 10.4 Å². The van der Waals surface area contributed by atoms with E-state index in [1.165, 1.54) is 13.1 Å². The lowest BCUT2D eigenvalue weighted by atomic mass is 10.2. The van der Waals surface area contributed by atoms with Crippen molar-refractivity contribution < 1.29 is 14.3 Å². The average Bonchev–Trinajstić information content (AvgIpc) is 2.98. The number of nitrogens with one attached hydrogen (secondary N) is 1. The minimum atomic E-state index is -0.477. The number of rotatable bonds is 4. The molecule has 1 amide bonds. The Morgan fingerprint density at radius 1 is 1.04 bits per heavy atom. The van der Waals surface area contributed by atoms with E-state index in [9.17, 15) is 9.59 Å². The molecule has 0 aliphatic carbocycles. The molecule has 0 fully saturated rings. The molecular weight excluding hydrogens is 330 g/mol. The summed E-state index contributed by atoms with van der Waals surface area (Å²) in [7, 11) is 0. The maximum Gasteiger partial charge on any atom is 0.347 e. The van der Waals surface area contributed by atoms with Crippen LogP contribution in [0.1, 0.15) is 28.5 Å². The smallest absolute Gasteiger partial charge is 0.347 e. The summed E-state index contributed by atoms with van der Waals surface area (Å²) in [6.45, 7) is 5.25. The third-order valence-corrected chi connectivity index (χ3v) is 3.96. The van der Waals surface area contributed by atoms with Crippen LogP contribution < -0.4 is 10.1 Å². The van der Waals surface area contributed by atoms with Gasteiger partial charge in [-0.2, -0.15) is 5.10 Å². The van der Waals surface area contributed by atoms with E-state index in [0.29, 0.717) is 22.7 Å². The van der Waals surface area contributed by atoms with Crippen LogP contribution in [0.3, 0.4) is 0 Å². The molecule has 2 aromatic carbocycles. The van der Waals surface area contributed by atoms with Crippen molar-refractivity contribution in [2.45, 2.75) is 20.8 Å². The predicted molar refractivity (Wildman–Crippen MR) is 98.7 cm³/mol. The Bertz CT molecular complexity index is 959. The van der Waals surface area contributed by atoms with Gasteiger partial charge >= 0.3 is 5.97 Å². The zero-order chi connectivity index (χ0) is 18.7. The number of para-hydroxylation sites is 1. The Kier molecular flexibility index (Phi) is 4.84. The van der Waals surface area contributed by atoms with Crippen molar-refractivity contribution in [3.05, 3.63) is 71.5 Å². The van der Waals surface area contributed by atoms with Crippen molar-refractivity contribution in [1.82, 2.24) is 9.78 Å². The van der Waals surface area contributed by atoms with Crippen LogP contribution in [0.5, 0.6) is 5.75 Å². The molecule has 0 atom stereocenters. The van der Waals surface area contributed by atoms with Crippen molar-refractivity contribution in [3.8, 4) is 11.4 Å². The molecule has 3 rings (SSSR count). The highest BCUT2D eigenvalue weighted by molar-refractivity contribution is 5.92. The van der Waals surface area contributed by atoms with Gasteiger partial charge in [-0.3, -0.25) is 4.79 Å². The number of carbonyl (C=O) groups excluding carboxylic acids is 2. The maximum absolute atomic E-state index is 12.5. The van der Waals surface area contributed by atoms with Gasteiger partial charge in [-0.05, 0) is 49.7 Å². The lowest BCUT2D eigenvalue weighted by Gasteiger charge is -2.09. The maximum atomic E-state index is 12.5. The Labute approximate surface area is 151 Å². The number of esters is 1. The highest BCUT2D eigenvalue weighted by atomic mass is 16.5. The largest absolute Gasteiger partial charge is 0.423 e. The van der Waals surface area contributed by atoms with Crippen LogP contribution in [-0.4, -0.2) is 21.7 Å². The minimum Gasteiger partial charge on any atom is -0.423 e. The van der Waals surface area contributed by atoms with Crippen LogP contribution in [0.4, 0.5) is 5.69 Å². The highest BCUT2D eigenvalue weighted by Crippen LogP contribution is 2.20. The molecule has 1 heterocycles. The molecule has 3 aromatic rings. The van der Waals surface area contributed by atoms with E-state index in [1.54, 1.807) is 28.9 Å². The zero-order valence-corrected chi connectivity index (χ0v) is 14.8. The summed E-state index contributed by atoms with van der Waals surface area (Å²) in [6, 6.07) is 14.4. The molecule has 0 saturated carbocycles. The van der Waals surface area contributed by atoms with Crippen LogP contribution in [0.15, 0.2) is 54.7 Å². The van der Waals surface area contributed by atoms with Gasteiger partial charge in [0.2, 0.25) is 5.91 Å². The number of ether oxygens (including phenoxy) is 1. The molecule has 1 aromatic heterocycles. The predicted octanol–water partition coefficient (Wildman–Crippen LogP) is 3.67. The van der Waals surface area contributed by atoms with E-state index in [-0.39, 0.29) is 5.91 Å². The minimum absolute atomic E-state index is 0.158. The number of hydrogen-bond acceptors (Lipinski definition) is 4. The molecule has 1 N–H and O–H groups in total. The van der Waals surface area contributed by atoms with Gasteiger partial charge in [0.15, 0.2) is 0 Å². The van der Waals surface area contributed by atoms with Crippen LogP contribution in [0.25, 0.3) is 5.69 Å². The highest BCUT2D eigenvalue weighted by Gasteiger charge is 2.18. The van der Waals surface area contributed by atoms with Gasteiger partial charge in [0.25, 0.3) is 0 Å². The second-order valence-electron chi connectivity index (χ2n) is 5.94. The first-order chi connectivity index (χ1) is 12.5. The average molecular weight is 349 g/mol. The Morgan fingerprint density at radius 2 is 1.73 bits per heavy atom. The quantitative estimate of drug-likeness (QED) is 0.576. The van der Waals surface area contributed by atoms with Gasteiger partial charge in [0.05, 0.1) is 17.6 Å².